The first-order valence-corrected chi connectivity index (χ1v) is 8.84. The van der Waals surface area contributed by atoms with Crippen molar-refractivity contribution in [1.29, 1.82) is 0 Å². The van der Waals surface area contributed by atoms with Crippen LogP contribution in [0.15, 0.2) is 42.5 Å². The first-order chi connectivity index (χ1) is 12.8. The molecule has 4 rings (SSSR count). The molecule has 1 aromatic carbocycles. The van der Waals surface area contributed by atoms with Crippen molar-refractivity contribution >= 4 is 17.5 Å². The second-order valence-electron chi connectivity index (χ2n) is 6.42. The first-order valence-electron chi connectivity index (χ1n) is 8.84. The zero-order chi connectivity index (χ0) is 17.8. The van der Waals surface area contributed by atoms with Crippen LogP contribution in [0.25, 0.3) is 11.4 Å². The molecule has 7 heteroatoms. The van der Waals surface area contributed by atoms with Crippen molar-refractivity contribution in [2.75, 3.05) is 23.8 Å². The summed E-state index contributed by atoms with van der Waals surface area (Å²) >= 11 is 0. The molecule has 1 aliphatic rings. The fourth-order valence-corrected chi connectivity index (χ4v) is 2.97. The average Bonchev–Trinajstić information content (AvgIpc) is 3.08. The molecule has 7 nitrogen and oxygen atoms in total. The molecule has 3 aromatic rings. The molecule has 0 unspecified atom stereocenters. The van der Waals surface area contributed by atoms with Gasteiger partial charge in [-0.3, -0.25) is 5.10 Å². The third-order valence-electron chi connectivity index (χ3n) is 4.29. The third-order valence-corrected chi connectivity index (χ3v) is 4.29. The van der Waals surface area contributed by atoms with Crippen molar-refractivity contribution in [3.63, 3.8) is 0 Å². The Labute approximate surface area is 153 Å². The summed E-state index contributed by atoms with van der Waals surface area (Å²) < 4.78 is 5.44. The van der Waals surface area contributed by atoms with Gasteiger partial charge in [-0.1, -0.05) is 30.3 Å². The van der Waals surface area contributed by atoms with Crippen LogP contribution in [-0.2, 0) is 4.74 Å². The quantitative estimate of drug-likeness (QED) is 0.648. The molecule has 26 heavy (non-hydrogen) atoms. The molecular formula is C19H24N6O. The van der Waals surface area contributed by atoms with Gasteiger partial charge in [-0.15, -0.1) is 0 Å². The van der Waals surface area contributed by atoms with Gasteiger partial charge in [0.05, 0.1) is 0 Å². The van der Waals surface area contributed by atoms with Crippen LogP contribution in [0.4, 0.5) is 17.5 Å². The second-order valence-corrected chi connectivity index (χ2v) is 6.42. The Balaban J connectivity index is 0.00000210. The third kappa shape index (κ3) is 4.00. The van der Waals surface area contributed by atoms with Crippen LogP contribution >= 0.6 is 0 Å². The van der Waals surface area contributed by atoms with Crippen LogP contribution in [0.3, 0.4) is 0 Å². The Morgan fingerprint density at radius 2 is 1.81 bits per heavy atom. The Morgan fingerprint density at radius 3 is 2.54 bits per heavy atom. The highest BCUT2D eigenvalue weighted by atomic mass is 16.5. The highest BCUT2D eigenvalue weighted by molar-refractivity contribution is 5.64. The molecular weight excluding hydrogens is 328 g/mol. The number of H-pyrrole nitrogens is 1. The van der Waals surface area contributed by atoms with Crippen LogP contribution in [-0.4, -0.2) is 39.4 Å². The van der Waals surface area contributed by atoms with Gasteiger partial charge >= 0.3 is 0 Å². The van der Waals surface area contributed by atoms with Gasteiger partial charge in [0, 0.05) is 44.1 Å². The lowest BCUT2D eigenvalue weighted by atomic mass is 10.1. The van der Waals surface area contributed by atoms with Crippen molar-refractivity contribution in [1.82, 2.24) is 20.2 Å². The lowest BCUT2D eigenvalue weighted by Gasteiger charge is -2.24. The molecule has 0 aliphatic carbocycles. The van der Waals surface area contributed by atoms with E-state index in [9.17, 15) is 0 Å². The molecule has 0 atom stereocenters. The van der Waals surface area contributed by atoms with Crippen LogP contribution in [0, 0.1) is 6.92 Å². The van der Waals surface area contributed by atoms with Crippen molar-refractivity contribution in [2.45, 2.75) is 25.8 Å². The zero-order valence-electron chi connectivity index (χ0n) is 14.7. The number of hydrogen-bond donors (Lipinski definition) is 3. The van der Waals surface area contributed by atoms with E-state index in [4.69, 9.17) is 9.72 Å². The standard InChI is InChI=1S/C19H22N6O.H2/c1-13-11-18(25-24-13)21-17-12-16(20-15-7-9-26-10-8-15)22-19(23-17)14-5-3-2-4-6-14;/h2-6,11-12,15H,7-10H2,1H3,(H3,20,21,22,23,24,25);1H. The predicted octanol–water partition coefficient (Wildman–Crippen LogP) is 3.76. The summed E-state index contributed by atoms with van der Waals surface area (Å²) in [5.74, 6) is 2.93. The SMILES string of the molecule is Cc1cc(Nc2cc(NC3CCOCC3)nc(-c3ccccc3)n2)n[nH]1.[HH]. The highest BCUT2D eigenvalue weighted by Crippen LogP contribution is 2.23. The summed E-state index contributed by atoms with van der Waals surface area (Å²) in [5.41, 5.74) is 1.97. The van der Waals surface area contributed by atoms with E-state index >= 15 is 0 Å². The Kier molecular flexibility index (Phi) is 4.79. The Hall–Kier alpha value is -2.93. The van der Waals surface area contributed by atoms with Gasteiger partial charge in [0.25, 0.3) is 0 Å². The number of ether oxygens (including phenoxy) is 1. The topological polar surface area (TPSA) is 87.8 Å². The van der Waals surface area contributed by atoms with Gasteiger partial charge in [0.15, 0.2) is 11.6 Å². The van der Waals surface area contributed by atoms with Crippen LogP contribution in [0.5, 0.6) is 0 Å². The zero-order valence-corrected chi connectivity index (χ0v) is 14.7. The lowest BCUT2D eigenvalue weighted by molar-refractivity contribution is 0.0904. The summed E-state index contributed by atoms with van der Waals surface area (Å²) in [6, 6.07) is 14.2. The fraction of sp³-hybridized carbons (Fsp3) is 0.316. The maximum atomic E-state index is 5.44. The van der Waals surface area contributed by atoms with E-state index in [-0.39, 0.29) is 1.43 Å². The van der Waals surface area contributed by atoms with E-state index < -0.39 is 0 Å². The maximum absolute atomic E-state index is 5.44. The molecule has 0 saturated carbocycles. The minimum Gasteiger partial charge on any atom is -0.381 e. The van der Waals surface area contributed by atoms with E-state index in [1.165, 1.54) is 0 Å². The van der Waals surface area contributed by atoms with Crippen molar-refractivity contribution in [3.8, 4) is 11.4 Å². The molecule has 0 bridgehead atoms. The maximum Gasteiger partial charge on any atom is 0.163 e. The van der Waals surface area contributed by atoms with Gasteiger partial charge in [0.1, 0.15) is 11.6 Å². The minimum atomic E-state index is 0. The monoisotopic (exact) mass is 352 g/mol. The Morgan fingerprint density at radius 1 is 1.04 bits per heavy atom. The fourth-order valence-electron chi connectivity index (χ4n) is 2.97. The number of aromatic nitrogens is 4. The van der Waals surface area contributed by atoms with E-state index in [0.717, 1.165) is 48.9 Å². The summed E-state index contributed by atoms with van der Waals surface area (Å²) in [4.78, 5) is 9.37. The number of aryl methyl sites for hydroxylation is 1. The van der Waals surface area contributed by atoms with Crippen molar-refractivity contribution < 1.29 is 6.16 Å². The summed E-state index contributed by atoms with van der Waals surface area (Å²) in [5, 5.41) is 13.9. The molecule has 3 N–H and O–H groups in total. The van der Waals surface area contributed by atoms with Gasteiger partial charge in [-0.2, -0.15) is 5.10 Å². The molecule has 0 amide bonds. The smallest absolute Gasteiger partial charge is 0.163 e. The number of anilines is 3. The highest BCUT2D eigenvalue weighted by Gasteiger charge is 2.15. The number of benzene rings is 1. The van der Waals surface area contributed by atoms with Crippen molar-refractivity contribution in [3.05, 3.63) is 48.2 Å². The van der Waals surface area contributed by atoms with Gasteiger partial charge in [0.2, 0.25) is 0 Å². The van der Waals surface area contributed by atoms with Crippen LogP contribution in [0.2, 0.25) is 0 Å². The largest absolute Gasteiger partial charge is 0.381 e. The molecule has 1 fully saturated rings. The van der Waals surface area contributed by atoms with Crippen LogP contribution in [0.1, 0.15) is 20.0 Å². The van der Waals surface area contributed by atoms with Gasteiger partial charge < -0.3 is 15.4 Å². The second kappa shape index (κ2) is 7.53. The lowest BCUT2D eigenvalue weighted by Crippen LogP contribution is -2.28. The molecule has 1 saturated heterocycles. The van der Waals surface area contributed by atoms with Gasteiger partial charge in [-0.05, 0) is 19.8 Å². The van der Waals surface area contributed by atoms with E-state index in [1.54, 1.807) is 0 Å². The molecule has 0 radical (unpaired) electrons. The van der Waals surface area contributed by atoms with E-state index in [1.807, 2.05) is 49.4 Å². The number of aromatic amines is 1. The summed E-state index contributed by atoms with van der Waals surface area (Å²) in [6.07, 6.45) is 1.96. The van der Waals surface area contributed by atoms with E-state index in [0.29, 0.717) is 17.7 Å². The van der Waals surface area contributed by atoms with E-state index in [2.05, 4.69) is 25.8 Å². The first kappa shape index (κ1) is 16.5. The normalized spacial score (nSPS) is 15.0. The number of rotatable bonds is 5. The number of nitrogens with zero attached hydrogens (tertiary/aromatic N) is 3. The van der Waals surface area contributed by atoms with Gasteiger partial charge in [-0.25, -0.2) is 9.97 Å². The number of nitrogens with one attached hydrogen (secondary N) is 3. The van der Waals surface area contributed by atoms with Crippen LogP contribution < -0.4 is 10.6 Å². The molecule has 0 spiro atoms. The Bertz CT molecular complexity index is 864. The molecule has 2 aromatic heterocycles. The summed E-state index contributed by atoms with van der Waals surface area (Å²) in [6.45, 7) is 3.53. The number of hydrogen-bond acceptors (Lipinski definition) is 6. The molecule has 3 heterocycles. The molecule has 1 aliphatic heterocycles. The summed E-state index contributed by atoms with van der Waals surface area (Å²) in [7, 11) is 0. The minimum absolute atomic E-state index is 0. The molecule has 136 valence electrons. The average molecular weight is 352 g/mol. The predicted molar refractivity (Wildman–Crippen MR) is 104 cm³/mol. The van der Waals surface area contributed by atoms with Crippen molar-refractivity contribution in [2.24, 2.45) is 0 Å².